The molecule has 0 saturated heterocycles. The highest BCUT2D eigenvalue weighted by Crippen LogP contribution is 2.27. The highest BCUT2D eigenvalue weighted by atomic mass is 32.1. The first-order chi connectivity index (χ1) is 8.11. The molecule has 2 rings (SSSR count). The van der Waals surface area contributed by atoms with Gasteiger partial charge in [0.05, 0.1) is 16.3 Å². The summed E-state index contributed by atoms with van der Waals surface area (Å²) in [6.07, 6.45) is -1.43. The van der Waals surface area contributed by atoms with E-state index in [1.165, 1.54) is 11.3 Å². The molecule has 0 saturated carbocycles. The smallest absolute Gasteiger partial charge is 0.181 e. The standard InChI is InChI=1S/C11H15N3O2S/c12-4-3-8(15)10(16)6-1-2-9-7(5-6)14-11(13)17-9/h1-2,5,8,10,15-16H,3-4,12H2,(H2,13,14). The predicted molar refractivity (Wildman–Crippen MR) is 68.7 cm³/mol. The maximum absolute atomic E-state index is 9.93. The second-order valence-electron chi connectivity index (χ2n) is 3.87. The van der Waals surface area contributed by atoms with Gasteiger partial charge in [-0.1, -0.05) is 17.4 Å². The van der Waals surface area contributed by atoms with Crippen LogP contribution in [-0.4, -0.2) is 27.8 Å². The van der Waals surface area contributed by atoms with Crippen molar-refractivity contribution in [2.45, 2.75) is 18.6 Å². The fourth-order valence-corrected chi connectivity index (χ4v) is 2.41. The Hall–Kier alpha value is -1.21. The van der Waals surface area contributed by atoms with Gasteiger partial charge in [0, 0.05) is 0 Å². The molecule has 2 unspecified atom stereocenters. The van der Waals surface area contributed by atoms with Crippen molar-refractivity contribution >= 4 is 26.7 Å². The molecule has 1 heterocycles. The molecular weight excluding hydrogens is 238 g/mol. The molecular formula is C11H15N3O2S. The molecule has 17 heavy (non-hydrogen) atoms. The van der Waals surface area contributed by atoms with Crippen molar-refractivity contribution in [2.24, 2.45) is 5.73 Å². The molecule has 0 spiro atoms. The maximum Gasteiger partial charge on any atom is 0.181 e. The third kappa shape index (κ3) is 2.55. The van der Waals surface area contributed by atoms with Gasteiger partial charge in [-0.05, 0) is 30.7 Å². The Kier molecular flexibility index (Phi) is 3.58. The zero-order valence-corrected chi connectivity index (χ0v) is 10.0. The van der Waals surface area contributed by atoms with Crippen LogP contribution in [0.5, 0.6) is 0 Å². The summed E-state index contributed by atoms with van der Waals surface area (Å²) in [5.74, 6) is 0. The average molecular weight is 253 g/mol. The number of thiazole rings is 1. The number of aliphatic hydroxyl groups excluding tert-OH is 2. The Labute approximate surface area is 103 Å². The van der Waals surface area contributed by atoms with E-state index >= 15 is 0 Å². The molecule has 2 aromatic rings. The maximum atomic E-state index is 9.93. The Morgan fingerprint density at radius 1 is 1.35 bits per heavy atom. The topological polar surface area (TPSA) is 105 Å². The Balaban J connectivity index is 2.28. The van der Waals surface area contributed by atoms with Gasteiger partial charge in [-0.2, -0.15) is 0 Å². The molecule has 92 valence electrons. The lowest BCUT2D eigenvalue weighted by Crippen LogP contribution is -2.21. The fourth-order valence-electron chi connectivity index (χ4n) is 1.70. The number of nitrogen functional groups attached to an aromatic ring is 1. The molecule has 6 N–H and O–H groups in total. The number of benzene rings is 1. The number of hydrogen-bond acceptors (Lipinski definition) is 6. The SMILES string of the molecule is NCCC(O)C(O)c1ccc2sc(N)nc2c1. The first-order valence-corrected chi connectivity index (χ1v) is 6.15. The molecule has 0 fully saturated rings. The van der Waals surface area contributed by atoms with E-state index in [-0.39, 0.29) is 0 Å². The average Bonchev–Trinajstić information content (AvgIpc) is 2.67. The van der Waals surface area contributed by atoms with Crippen molar-refractivity contribution in [1.29, 1.82) is 0 Å². The molecule has 5 nitrogen and oxygen atoms in total. The zero-order valence-electron chi connectivity index (χ0n) is 9.21. The van der Waals surface area contributed by atoms with Crippen molar-refractivity contribution in [3.63, 3.8) is 0 Å². The highest BCUT2D eigenvalue weighted by molar-refractivity contribution is 7.22. The molecule has 0 bridgehead atoms. The molecule has 0 radical (unpaired) electrons. The van der Waals surface area contributed by atoms with Crippen LogP contribution < -0.4 is 11.5 Å². The lowest BCUT2D eigenvalue weighted by atomic mass is 10.0. The zero-order chi connectivity index (χ0) is 12.4. The van der Waals surface area contributed by atoms with Gasteiger partial charge in [-0.15, -0.1) is 0 Å². The number of aliphatic hydroxyl groups is 2. The Morgan fingerprint density at radius 2 is 2.12 bits per heavy atom. The molecule has 0 amide bonds. The molecule has 0 aliphatic carbocycles. The van der Waals surface area contributed by atoms with Crippen LogP contribution in [0.1, 0.15) is 18.1 Å². The summed E-state index contributed by atoms with van der Waals surface area (Å²) in [4.78, 5) is 4.14. The minimum Gasteiger partial charge on any atom is -0.390 e. The Morgan fingerprint density at radius 3 is 2.82 bits per heavy atom. The van der Waals surface area contributed by atoms with Crippen molar-refractivity contribution < 1.29 is 10.2 Å². The van der Waals surface area contributed by atoms with Crippen LogP contribution in [0, 0.1) is 0 Å². The minimum absolute atomic E-state index is 0.337. The molecule has 1 aromatic heterocycles. The van der Waals surface area contributed by atoms with Gasteiger partial charge in [0.2, 0.25) is 0 Å². The molecule has 1 aromatic carbocycles. The molecule has 0 aliphatic heterocycles. The minimum atomic E-state index is -0.939. The van der Waals surface area contributed by atoms with Gasteiger partial charge < -0.3 is 21.7 Å². The van der Waals surface area contributed by atoms with E-state index < -0.39 is 12.2 Å². The van der Waals surface area contributed by atoms with Crippen LogP contribution in [0.2, 0.25) is 0 Å². The van der Waals surface area contributed by atoms with Crippen LogP contribution in [0.15, 0.2) is 18.2 Å². The van der Waals surface area contributed by atoms with Crippen molar-refractivity contribution in [1.82, 2.24) is 4.98 Å². The largest absolute Gasteiger partial charge is 0.390 e. The Bertz CT molecular complexity index is 514. The second kappa shape index (κ2) is 4.97. The molecule has 2 atom stereocenters. The summed E-state index contributed by atoms with van der Waals surface area (Å²) in [5.41, 5.74) is 12.3. The van der Waals surface area contributed by atoms with Crippen LogP contribution in [0.3, 0.4) is 0 Å². The number of nitrogens with two attached hydrogens (primary N) is 2. The monoisotopic (exact) mass is 253 g/mol. The van der Waals surface area contributed by atoms with E-state index in [2.05, 4.69) is 4.98 Å². The highest BCUT2D eigenvalue weighted by Gasteiger charge is 2.18. The van der Waals surface area contributed by atoms with Crippen molar-refractivity contribution in [3.8, 4) is 0 Å². The first-order valence-electron chi connectivity index (χ1n) is 5.34. The van der Waals surface area contributed by atoms with E-state index in [9.17, 15) is 10.2 Å². The van der Waals surface area contributed by atoms with Crippen LogP contribution in [-0.2, 0) is 0 Å². The number of aromatic nitrogens is 1. The predicted octanol–water partition coefficient (Wildman–Crippen LogP) is 0.622. The summed E-state index contributed by atoms with van der Waals surface area (Å²) in [6, 6.07) is 5.36. The van der Waals surface area contributed by atoms with Gasteiger partial charge in [0.15, 0.2) is 5.13 Å². The van der Waals surface area contributed by atoms with Crippen LogP contribution in [0.25, 0.3) is 10.2 Å². The number of rotatable bonds is 4. The fraction of sp³-hybridized carbons (Fsp3) is 0.364. The van der Waals surface area contributed by atoms with Gasteiger partial charge >= 0.3 is 0 Å². The summed E-state index contributed by atoms with van der Waals surface area (Å²) >= 11 is 1.39. The number of fused-ring (bicyclic) bond motifs is 1. The summed E-state index contributed by atoms with van der Waals surface area (Å²) in [7, 11) is 0. The van der Waals surface area contributed by atoms with Gasteiger partial charge in [-0.25, -0.2) is 4.98 Å². The summed E-state index contributed by atoms with van der Waals surface area (Å²) in [6.45, 7) is 0.337. The summed E-state index contributed by atoms with van der Waals surface area (Å²) in [5, 5.41) is 20.1. The lowest BCUT2D eigenvalue weighted by molar-refractivity contribution is 0.0151. The molecule has 6 heteroatoms. The van der Waals surface area contributed by atoms with Gasteiger partial charge in [0.1, 0.15) is 6.10 Å². The van der Waals surface area contributed by atoms with Crippen LogP contribution in [0.4, 0.5) is 5.13 Å². The van der Waals surface area contributed by atoms with Crippen LogP contribution >= 0.6 is 11.3 Å². The third-order valence-electron chi connectivity index (χ3n) is 2.60. The second-order valence-corrected chi connectivity index (χ2v) is 4.93. The van der Waals surface area contributed by atoms with Gasteiger partial charge in [-0.3, -0.25) is 0 Å². The van der Waals surface area contributed by atoms with E-state index in [0.717, 1.165) is 10.2 Å². The van der Waals surface area contributed by atoms with E-state index in [0.29, 0.717) is 23.7 Å². The van der Waals surface area contributed by atoms with E-state index in [1.54, 1.807) is 12.1 Å². The van der Waals surface area contributed by atoms with Crippen molar-refractivity contribution in [3.05, 3.63) is 23.8 Å². The normalized spacial score (nSPS) is 15.0. The van der Waals surface area contributed by atoms with Crippen molar-refractivity contribution in [2.75, 3.05) is 12.3 Å². The lowest BCUT2D eigenvalue weighted by Gasteiger charge is -2.17. The third-order valence-corrected chi connectivity index (χ3v) is 3.46. The quantitative estimate of drug-likeness (QED) is 0.639. The summed E-state index contributed by atoms with van der Waals surface area (Å²) < 4.78 is 0.965. The number of hydrogen-bond donors (Lipinski definition) is 4. The van der Waals surface area contributed by atoms with E-state index in [1.807, 2.05) is 6.07 Å². The first kappa shape index (κ1) is 12.3. The number of nitrogens with zero attached hydrogens (tertiary/aromatic N) is 1. The molecule has 0 aliphatic rings. The number of anilines is 1. The van der Waals surface area contributed by atoms with Gasteiger partial charge in [0.25, 0.3) is 0 Å². The van der Waals surface area contributed by atoms with E-state index in [4.69, 9.17) is 11.5 Å².